The zero-order valence-corrected chi connectivity index (χ0v) is 14.0. The SMILES string of the molecule is NCCOc1cccc(C(=O)N2C[C@@H](O)[C@H](n3ccc(=O)[nH]c3=O)C2)c1. The number of aromatic nitrogens is 2. The van der Waals surface area contributed by atoms with E-state index in [0.29, 0.717) is 24.5 Å². The van der Waals surface area contributed by atoms with Gasteiger partial charge in [-0.15, -0.1) is 0 Å². The largest absolute Gasteiger partial charge is 0.492 e. The molecule has 3 rings (SSSR count). The molecule has 0 spiro atoms. The average Bonchev–Trinajstić information content (AvgIpc) is 3.01. The van der Waals surface area contributed by atoms with E-state index in [-0.39, 0.29) is 19.0 Å². The van der Waals surface area contributed by atoms with Crippen molar-refractivity contribution in [2.24, 2.45) is 5.73 Å². The molecule has 9 heteroatoms. The molecular formula is C17H20N4O5. The van der Waals surface area contributed by atoms with E-state index in [1.165, 1.54) is 21.7 Å². The molecule has 0 aliphatic carbocycles. The van der Waals surface area contributed by atoms with Gasteiger partial charge in [0.1, 0.15) is 12.4 Å². The Labute approximate surface area is 148 Å². The topological polar surface area (TPSA) is 131 Å². The quantitative estimate of drug-likeness (QED) is 0.622. The molecule has 2 aromatic rings. The summed E-state index contributed by atoms with van der Waals surface area (Å²) < 4.78 is 6.66. The van der Waals surface area contributed by atoms with Gasteiger partial charge in [-0.1, -0.05) is 6.07 Å². The smallest absolute Gasteiger partial charge is 0.328 e. The van der Waals surface area contributed by atoms with E-state index in [1.807, 2.05) is 0 Å². The number of hydrogen-bond donors (Lipinski definition) is 3. The molecule has 9 nitrogen and oxygen atoms in total. The average molecular weight is 360 g/mol. The molecule has 0 saturated carbocycles. The Balaban J connectivity index is 1.77. The van der Waals surface area contributed by atoms with Crippen molar-refractivity contribution < 1.29 is 14.6 Å². The molecule has 1 aliphatic heterocycles. The highest BCUT2D eigenvalue weighted by Crippen LogP contribution is 2.23. The van der Waals surface area contributed by atoms with Crippen molar-refractivity contribution in [3.05, 3.63) is 62.9 Å². The van der Waals surface area contributed by atoms with E-state index in [4.69, 9.17) is 10.5 Å². The molecule has 2 atom stereocenters. The maximum absolute atomic E-state index is 12.7. The highest BCUT2D eigenvalue weighted by Gasteiger charge is 2.36. The predicted molar refractivity (Wildman–Crippen MR) is 93.3 cm³/mol. The molecule has 0 bridgehead atoms. The van der Waals surface area contributed by atoms with Crippen molar-refractivity contribution in [3.8, 4) is 5.75 Å². The second kappa shape index (κ2) is 7.54. The van der Waals surface area contributed by atoms with Crippen LogP contribution in [0.15, 0.2) is 46.1 Å². The lowest BCUT2D eigenvalue weighted by molar-refractivity contribution is 0.0764. The molecule has 1 aromatic heterocycles. The minimum atomic E-state index is -0.917. The number of carbonyl (C=O) groups is 1. The van der Waals surface area contributed by atoms with Crippen molar-refractivity contribution >= 4 is 5.91 Å². The highest BCUT2D eigenvalue weighted by molar-refractivity contribution is 5.94. The Bertz CT molecular complexity index is 906. The first-order valence-electron chi connectivity index (χ1n) is 8.21. The number of rotatable bonds is 5. The zero-order chi connectivity index (χ0) is 18.7. The summed E-state index contributed by atoms with van der Waals surface area (Å²) in [5, 5.41) is 10.3. The number of hydrogen-bond acceptors (Lipinski definition) is 6. The van der Waals surface area contributed by atoms with E-state index in [9.17, 15) is 19.5 Å². The molecular weight excluding hydrogens is 340 g/mol. The lowest BCUT2D eigenvalue weighted by Crippen LogP contribution is -2.36. The predicted octanol–water partition coefficient (Wildman–Crippen LogP) is -1.07. The Hall–Kier alpha value is -2.91. The highest BCUT2D eigenvalue weighted by atomic mass is 16.5. The molecule has 26 heavy (non-hydrogen) atoms. The monoisotopic (exact) mass is 360 g/mol. The Kier molecular flexibility index (Phi) is 5.19. The Morgan fingerprint density at radius 1 is 1.31 bits per heavy atom. The van der Waals surface area contributed by atoms with Crippen molar-refractivity contribution in [2.45, 2.75) is 12.1 Å². The van der Waals surface area contributed by atoms with Crippen LogP contribution in [0.1, 0.15) is 16.4 Å². The number of benzene rings is 1. The molecule has 1 saturated heterocycles. The zero-order valence-electron chi connectivity index (χ0n) is 14.0. The van der Waals surface area contributed by atoms with E-state index in [1.54, 1.807) is 24.3 Å². The number of nitrogens with one attached hydrogen (secondary N) is 1. The van der Waals surface area contributed by atoms with Gasteiger partial charge in [0.2, 0.25) is 0 Å². The number of nitrogens with two attached hydrogens (primary N) is 1. The van der Waals surface area contributed by atoms with Crippen LogP contribution < -0.4 is 21.7 Å². The van der Waals surface area contributed by atoms with Gasteiger partial charge in [-0.05, 0) is 18.2 Å². The number of amides is 1. The van der Waals surface area contributed by atoms with Gasteiger partial charge in [-0.2, -0.15) is 0 Å². The summed E-state index contributed by atoms with van der Waals surface area (Å²) in [6, 6.07) is 7.29. The van der Waals surface area contributed by atoms with Crippen LogP contribution in [-0.2, 0) is 0 Å². The molecule has 1 fully saturated rings. The minimum Gasteiger partial charge on any atom is -0.492 e. The maximum Gasteiger partial charge on any atom is 0.328 e. The number of aromatic amines is 1. The normalized spacial score (nSPS) is 19.5. The summed E-state index contributed by atoms with van der Waals surface area (Å²) in [4.78, 5) is 39.5. The van der Waals surface area contributed by atoms with Gasteiger partial charge in [0.25, 0.3) is 11.5 Å². The maximum atomic E-state index is 12.7. The fraction of sp³-hybridized carbons (Fsp3) is 0.353. The van der Waals surface area contributed by atoms with Crippen LogP contribution >= 0.6 is 0 Å². The van der Waals surface area contributed by atoms with E-state index in [2.05, 4.69) is 4.98 Å². The van der Waals surface area contributed by atoms with Gasteiger partial charge >= 0.3 is 5.69 Å². The fourth-order valence-electron chi connectivity index (χ4n) is 2.98. The Morgan fingerprint density at radius 2 is 2.12 bits per heavy atom. The molecule has 138 valence electrons. The molecule has 1 aliphatic rings. The van der Waals surface area contributed by atoms with Crippen molar-refractivity contribution in [3.63, 3.8) is 0 Å². The molecule has 1 aromatic carbocycles. The second-order valence-corrected chi connectivity index (χ2v) is 6.03. The number of aliphatic hydroxyl groups excluding tert-OH is 1. The minimum absolute atomic E-state index is 0.0863. The van der Waals surface area contributed by atoms with Crippen LogP contribution in [0, 0.1) is 0 Å². The van der Waals surface area contributed by atoms with E-state index >= 15 is 0 Å². The summed E-state index contributed by atoms with van der Waals surface area (Å²) in [5.41, 5.74) is 4.69. The first-order valence-corrected chi connectivity index (χ1v) is 8.21. The summed E-state index contributed by atoms with van der Waals surface area (Å²) in [6.45, 7) is 0.951. The summed E-state index contributed by atoms with van der Waals surface area (Å²) >= 11 is 0. The number of likely N-dealkylation sites (tertiary alicyclic amines) is 1. The summed E-state index contributed by atoms with van der Waals surface area (Å²) in [6.07, 6.45) is 0.406. The first kappa shape index (κ1) is 17.9. The van der Waals surface area contributed by atoms with Crippen molar-refractivity contribution in [1.29, 1.82) is 0 Å². The first-order chi connectivity index (χ1) is 12.5. The third-order valence-electron chi connectivity index (χ3n) is 4.22. The number of β-amino-alcohol motifs (C(OH)–C–C–N with tert-alkyl or cyclic N) is 1. The lowest BCUT2D eigenvalue weighted by atomic mass is 10.2. The molecule has 4 N–H and O–H groups in total. The third-order valence-corrected chi connectivity index (χ3v) is 4.22. The van der Waals surface area contributed by atoms with Gasteiger partial charge in [0.15, 0.2) is 0 Å². The molecule has 0 radical (unpaired) electrons. The van der Waals surface area contributed by atoms with Crippen LogP contribution in [0.3, 0.4) is 0 Å². The number of ether oxygens (including phenoxy) is 1. The molecule has 2 heterocycles. The van der Waals surface area contributed by atoms with Crippen LogP contribution in [0.5, 0.6) is 5.75 Å². The van der Waals surface area contributed by atoms with Crippen LogP contribution in [0.4, 0.5) is 0 Å². The van der Waals surface area contributed by atoms with Crippen molar-refractivity contribution in [2.75, 3.05) is 26.2 Å². The van der Waals surface area contributed by atoms with Gasteiger partial charge in [0, 0.05) is 37.5 Å². The second-order valence-electron chi connectivity index (χ2n) is 6.03. The van der Waals surface area contributed by atoms with Crippen LogP contribution in [-0.4, -0.2) is 57.8 Å². The van der Waals surface area contributed by atoms with E-state index < -0.39 is 23.4 Å². The number of carbonyl (C=O) groups excluding carboxylic acids is 1. The summed E-state index contributed by atoms with van der Waals surface area (Å²) in [7, 11) is 0. The lowest BCUT2D eigenvalue weighted by Gasteiger charge is -2.17. The van der Waals surface area contributed by atoms with E-state index in [0.717, 1.165) is 0 Å². The van der Waals surface area contributed by atoms with Gasteiger partial charge in [0.05, 0.1) is 12.1 Å². The van der Waals surface area contributed by atoms with Gasteiger partial charge in [-0.25, -0.2) is 4.79 Å². The van der Waals surface area contributed by atoms with Gasteiger partial charge in [-0.3, -0.25) is 19.1 Å². The third kappa shape index (κ3) is 3.68. The van der Waals surface area contributed by atoms with Gasteiger partial charge < -0.3 is 20.5 Å². The van der Waals surface area contributed by atoms with Crippen LogP contribution in [0.25, 0.3) is 0 Å². The van der Waals surface area contributed by atoms with Crippen LogP contribution in [0.2, 0.25) is 0 Å². The summed E-state index contributed by atoms with van der Waals surface area (Å²) in [5.74, 6) is 0.261. The number of nitrogens with zero attached hydrogens (tertiary/aromatic N) is 2. The number of aliphatic hydroxyl groups is 1. The Morgan fingerprint density at radius 3 is 2.85 bits per heavy atom. The number of H-pyrrole nitrogens is 1. The molecule has 0 unspecified atom stereocenters. The van der Waals surface area contributed by atoms with Crippen molar-refractivity contribution in [1.82, 2.24) is 14.5 Å². The molecule has 1 amide bonds. The standard InChI is InChI=1S/C17H20N4O5/c18-5-7-26-12-3-1-2-11(8-12)16(24)20-9-13(14(22)10-20)21-6-4-15(23)19-17(21)25/h1-4,6,8,13-14,22H,5,7,9-10,18H2,(H,19,23,25)/t13-,14-/m1/s1. The fourth-order valence-corrected chi connectivity index (χ4v) is 2.98.